The van der Waals surface area contributed by atoms with Crippen LogP contribution in [-0.4, -0.2) is 26.2 Å². The molecule has 0 amide bonds. The largest absolute Gasteiger partial charge is 0.371 e. The number of hydrogen-bond acceptors (Lipinski definition) is 2. The number of hydrogen-bond donors (Lipinski definition) is 1. The molecule has 2 fully saturated rings. The molecule has 0 aliphatic carbocycles. The molecule has 0 saturated carbocycles. The molecule has 1 aromatic carbocycles. The number of rotatable bonds is 1. The standard InChI is InChI=1S/C14H19ClN2/c1-10-13(15)3-2-4-14(10)17-8-11-5-12(9-17)7-16-6-11/h2-4,11-12,16H,5-9H2,1H3. The van der Waals surface area contributed by atoms with Gasteiger partial charge in [-0.25, -0.2) is 0 Å². The van der Waals surface area contributed by atoms with Crippen LogP contribution in [0.3, 0.4) is 0 Å². The maximum atomic E-state index is 6.21. The minimum Gasteiger partial charge on any atom is -0.371 e. The molecule has 2 aliphatic heterocycles. The van der Waals surface area contributed by atoms with Gasteiger partial charge in [-0.3, -0.25) is 0 Å². The van der Waals surface area contributed by atoms with E-state index >= 15 is 0 Å². The number of nitrogens with zero attached hydrogens (tertiary/aromatic N) is 1. The zero-order chi connectivity index (χ0) is 11.8. The van der Waals surface area contributed by atoms with Crippen LogP contribution in [0.4, 0.5) is 5.69 Å². The summed E-state index contributed by atoms with van der Waals surface area (Å²) in [5.74, 6) is 1.61. The molecular weight excluding hydrogens is 232 g/mol. The van der Waals surface area contributed by atoms with Gasteiger partial charge in [-0.05, 0) is 56.0 Å². The van der Waals surface area contributed by atoms with Crippen LogP contribution < -0.4 is 10.2 Å². The van der Waals surface area contributed by atoms with Gasteiger partial charge in [0.15, 0.2) is 0 Å². The molecule has 2 atom stereocenters. The summed E-state index contributed by atoms with van der Waals surface area (Å²) >= 11 is 6.21. The Morgan fingerprint density at radius 3 is 2.65 bits per heavy atom. The number of anilines is 1. The minimum atomic E-state index is 0.806. The SMILES string of the molecule is Cc1c(Cl)cccc1N1CC2CNCC(C2)C1. The average Bonchev–Trinajstić information content (AvgIpc) is 2.32. The van der Waals surface area contributed by atoms with Crippen LogP contribution in [0.2, 0.25) is 5.02 Å². The highest BCUT2D eigenvalue weighted by Gasteiger charge is 2.30. The lowest BCUT2D eigenvalue weighted by Crippen LogP contribution is -2.51. The molecule has 2 nitrogen and oxygen atoms in total. The molecule has 1 aromatic rings. The number of nitrogens with one attached hydrogen (secondary N) is 1. The lowest BCUT2D eigenvalue weighted by atomic mass is 9.85. The van der Waals surface area contributed by atoms with Crippen LogP contribution in [0.25, 0.3) is 0 Å². The predicted molar refractivity (Wildman–Crippen MR) is 72.9 cm³/mol. The first kappa shape index (κ1) is 11.4. The first-order valence-corrected chi connectivity index (χ1v) is 6.82. The van der Waals surface area contributed by atoms with Crippen LogP contribution in [0.15, 0.2) is 18.2 Å². The Morgan fingerprint density at radius 2 is 1.94 bits per heavy atom. The molecule has 2 heterocycles. The van der Waals surface area contributed by atoms with Crippen LogP contribution >= 0.6 is 11.6 Å². The topological polar surface area (TPSA) is 15.3 Å². The van der Waals surface area contributed by atoms with E-state index in [0.29, 0.717) is 0 Å². The van der Waals surface area contributed by atoms with Crippen LogP contribution in [0.1, 0.15) is 12.0 Å². The molecule has 2 aliphatic rings. The van der Waals surface area contributed by atoms with E-state index in [1.54, 1.807) is 0 Å². The number of fused-ring (bicyclic) bond motifs is 2. The van der Waals surface area contributed by atoms with Crippen molar-refractivity contribution in [1.82, 2.24) is 5.32 Å². The highest BCUT2D eigenvalue weighted by atomic mass is 35.5. The van der Waals surface area contributed by atoms with Crippen LogP contribution in [0, 0.1) is 18.8 Å². The zero-order valence-electron chi connectivity index (χ0n) is 10.2. The normalized spacial score (nSPS) is 28.2. The molecular formula is C14H19ClN2. The zero-order valence-corrected chi connectivity index (χ0v) is 11.0. The van der Waals surface area contributed by atoms with E-state index in [9.17, 15) is 0 Å². The first-order chi connectivity index (χ1) is 8.24. The highest BCUT2D eigenvalue weighted by molar-refractivity contribution is 6.31. The Bertz CT molecular complexity index is 407. The van der Waals surface area contributed by atoms with Gasteiger partial charge in [0.05, 0.1) is 0 Å². The maximum Gasteiger partial charge on any atom is 0.0455 e. The van der Waals surface area contributed by atoms with E-state index in [1.165, 1.54) is 43.9 Å². The summed E-state index contributed by atoms with van der Waals surface area (Å²) in [5, 5.41) is 4.42. The summed E-state index contributed by atoms with van der Waals surface area (Å²) in [5.41, 5.74) is 2.55. The summed E-state index contributed by atoms with van der Waals surface area (Å²) in [6, 6.07) is 6.25. The molecule has 3 heteroatoms. The monoisotopic (exact) mass is 250 g/mol. The summed E-state index contributed by atoms with van der Waals surface area (Å²) in [6.07, 6.45) is 1.39. The van der Waals surface area contributed by atoms with Crippen molar-refractivity contribution in [1.29, 1.82) is 0 Å². The molecule has 1 N–H and O–H groups in total. The van der Waals surface area contributed by atoms with Crippen molar-refractivity contribution < 1.29 is 0 Å². The Kier molecular flexibility index (Phi) is 3.01. The number of halogens is 1. The fourth-order valence-corrected chi connectivity index (χ4v) is 3.41. The van der Waals surface area contributed by atoms with Crippen molar-refractivity contribution in [2.45, 2.75) is 13.3 Å². The predicted octanol–water partition coefficient (Wildman–Crippen LogP) is 2.69. The van der Waals surface area contributed by atoms with Crippen molar-refractivity contribution >= 4 is 17.3 Å². The minimum absolute atomic E-state index is 0.806. The fourth-order valence-electron chi connectivity index (χ4n) is 3.24. The first-order valence-electron chi connectivity index (χ1n) is 6.45. The van der Waals surface area contributed by atoms with Crippen LogP contribution in [0.5, 0.6) is 0 Å². The molecule has 0 radical (unpaired) electrons. The van der Waals surface area contributed by atoms with Crippen molar-refractivity contribution in [2.24, 2.45) is 11.8 Å². The number of piperidine rings is 2. The molecule has 0 spiro atoms. The smallest absolute Gasteiger partial charge is 0.0455 e. The van der Waals surface area contributed by atoms with Gasteiger partial charge >= 0.3 is 0 Å². The van der Waals surface area contributed by atoms with Crippen molar-refractivity contribution in [3.63, 3.8) is 0 Å². The van der Waals surface area contributed by atoms with Gasteiger partial charge in [-0.15, -0.1) is 0 Å². The third-order valence-corrected chi connectivity index (χ3v) is 4.48. The van der Waals surface area contributed by atoms with Crippen molar-refractivity contribution in [2.75, 3.05) is 31.1 Å². The van der Waals surface area contributed by atoms with Gasteiger partial charge in [-0.2, -0.15) is 0 Å². The Balaban J connectivity index is 1.86. The van der Waals surface area contributed by atoms with Gasteiger partial charge < -0.3 is 10.2 Å². The van der Waals surface area contributed by atoms with Gasteiger partial charge in [0.25, 0.3) is 0 Å². The van der Waals surface area contributed by atoms with Gasteiger partial charge in [0, 0.05) is 23.8 Å². The van der Waals surface area contributed by atoms with E-state index in [0.717, 1.165) is 16.9 Å². The molecule has 0 aromatic heterocycles. The summed E-state index contributed by atoms with van der Waals surface area (Å²) < 4.78 is 0. The Hall–Kier alpha value is -0.730. The van der Waals surface area contributed by atoms with Gasteiger partial charge in [0.2, 0.25) is 0 Å². The highest BCUT2D eigenvalue weighted by Crippen LogP contribution is 2.32. The van der Waals surface area contributed by atoms with Gasteiger partial charge in [0.1, 0.15) is 0 Å². The average molecular weight is 251 g/mol. The molecule has 2 bridgehead atoms. The molecule has 2 saturated heterocycles. The Labute approximate surface area is 108 Å². The third kappa shape index (κ3) is 2.16. The second-order valence-corrected chi connectivity index (χ2v) is 5.82. The summed E-state index contributed by atoms with van der Waals surface area (Å²) in [6.45, 7) is 6.81. The summed E-state index contributed by atoms with van der Waals surface area (Å²) in [4.78, 5) is 2.53. The van der Waals surface area contributed by atoms with E-state index < -0.39 is 0 Å². The van der Waals surface area contributed by atoms with E-state index in [4.69, 9.17) is 11.6 Å². The second-order valence-electron chi connectivity index (χ2n) is 5.41. The molecule has 92 valence electrons. The van der Waals surface area contributed by atoms with E-state index in [2.05, 4.69) is 29.3 Å². The number of benzene rings is 1. The Morgan fingerprint density at radius 1 is 1.24 bits per heavy atom. The van der Waals surface area contributed by atoms with Crippen molar-refractivity contribution in [3.8, 4) is 0 Å². The quantitative estimate of drug-likeness (QED) is 0.825. The lowest BCUT2D eigenvalue weighted by molar-refractivity contribution is 0.249. The van der Waals surface area contributed by atoms with Gasteiger partial charge in [-0.1, -0.05) is 17.7 Å². The van der Waals surface area contributed by atoms with Crippen LogP contribution in [-0.2, 0) is 0 Å². The maximum absolute atomic E-state index is 6.21. The third-order valence-electron chi connectivity index (χ3n) is 4.07. The van der Waals surface area contributed by atoms with E-state index in [-0.39, 0.29) is 0 Å². The second kappa shape index (κ2) is 4.51. The molecule has 17 heavy (non-hydrogen) atoms. The van der Waals surface area contributed by atoms with Crippen molar-refractivity contribution in [3.05, 3.63) is 28.8 Å². The summed E-state index contributed by atoms with van der Waals surface area (Å²) in [7, 11) is 0. The lowest BCUT2D eigenvalue weighted by Gasteiger charge is -2.43. The molecule has 3 rings (SSSR count). The molecule has 2 unspecified atom stereocenters. The van der Waals surface area contributed by atoms with E-state index in [1.807, 2.05) is 6.07 Å². The fraction of sp³-hybridized carbons (Fsp3) is 0.571.